The highest BCUT2D eigenvalue weighted by Crippen LogP contribution is 2.24. The van der Waals surface area contributed by atoms with Gasteiger partial charge in [0.2, 0.25) is 0 Å². The quantitative estimate of drug-likeness (QED) is 0.369. The van der Waals surface area contributed by atoms with Crippen LogP contribution in [0.3, 0.4) is 0 Å². The third kappa shape index (κ3) is 3.45. The zero-order valence-electron chi connectivity index (χ0n) is 14.3. The summed E-state index contributed by atoms with van der Waals surface area (Å²) in [6.07, 6.45) is 1.51. The molecule has 0 bridgehead atoms. The average Bonchev–Trinajstić information content (AvgIpc) is 2.78. The summed E-state index contributed by atoms with van der Waals surface area (Å²) in [5, 5.41) is 1.56. The first-order valence-electron chi connectivity index (χ1n) is 7.83. The number of fused-ring (bicyclic) bond motifs is 1. The fraction of sp³-hybridized carbons (Fsp3) is 0.412. The van der Waals surface area contributed by atoms with Gasteiger partial charge in [0.25, 0.3) is 17.7 Å². The Balaban J connectivity index is 2.14. The number of hydrogen-bond donors (Lipinski definition) is 1. The SMILES string of the molecule is CN=CN(CC(C)C)NC(=O)C(C)N1C(=O)c2ccccc2C1=O. The van der Waals surface area contributed by atoms with Crippen LogP contribution in [0.2, 0.25) is 0 Å². The Bertz CT molecular complexity index is 649. The van der Waals surface area contributed by atoms with Crippen LogP contribution < -0.4 is 5.43 Å². The minimum atomic E-state index is -0.919. The van der Waals surface area contributed by atoms with Crippen LogP contribution in [-0.2, 0) is 4.79 Å². The normalized spacial score (nSPS) is 15.1. The van der Waals surface area contributed by atoms with Crippen LogP contribution in [0.5, 0.6) is 0 Å². The van der Waals surface area contributed by atoms with Crippen molar-refractivity contribution in [2.75, 3.05) is 13.6 Å². The van der Waals surface area contributed by atoms with Gasteiger partial charge in [-0.05, 0) is 25.0 Å². The molecule has 128 valence electrons. The third-order valence-electron chi connectivity index (χ3n) is 3.66. The monoisotopic (exact) mass is 330 g/mol. The Morgan fingerprint density at radius 3 is 2.21 bits per heavy atom. The maximum atomic E-state index is 12.5. The molecular formula is C17H22N4O3. The predicted molar refractivity (Wildman–Crippen MR) is 90.5 cm³/mol. The molecule has 0 aromatic heterocycles. The van der Waals surface area contributed by atoms with E-state index in [0.717, 1.165) is 4.90 Å². The summed E-state index contributed by atoms with van der Waals surface area (Å²) in [6, 6.07) is 5.65. The van der Waals surface area contributed by atoms with Crippen molar-refractivity contribution in [3.05, 3.63) is 35.4 Å². The molecule has 1 aliphatic heterocycles. The standard InChI is InChI=1S/C17H22N4O3/c1-11(2)9-20(10-18-4)19-15(22)12(3)21-16(23)13-7-5-6-8-14(13)17(21)24/h5-8,10-12H,9H2,1-4H3,(H,19,22). The fourth-order valence-corrected chi connectivity index (χ4v) is 2.57. The minimum absolute atomic E-state index is 0.304. The second kappa shape index (κ2) is 7.25. The van der Waals surface area contributed by atoms with Gasteiger partial charge in [-0.1, -0.05) is 26.0 Å². The molecule has 0 saturated heterocycles. The van der Waals surface area contributed by atoms with Gasteiger partial charge in [0.1, 0.15) is 12.4 Å². The Morgan fingerprint density at radius 2 is 1.75 bits per heavy atom. The number of nitrogens with one attached hydrogen (secondary N) is 1. The molecule has 0 fully saturated rings. The Kier molecular flexibility index (Phi) is 5.33. The molecule has 2 rings (SSSR count). The molecule has 1 unspecified atom stereocenters. The zero-order chi connectivity index (χ0) is 17.9. The molecule has 7 nitrogen and oxygen atoms in total. The molecule has 1 aromatic rings. The van der Waals surface area contributed by atoms with Crippen molar-refractivity contribution in [3.63, 3.8) is 0 Å². The van der Waals surface area contributed by atoms with Crippen molar-refractivity contribution in [1.82, 2.24) is 15.3 Å². The van der Waals surface area contributed by atoms with E-state index in [1.807, 2.05) is 13.8 Å². The zero-order valence-corrected chi connectivity index (χ0v) is 14.3. The van der Waals surface area contributed by atoms with E-state index < -0.39 is 23.8 Å². The van der Waals surface area contributed by atoms with E-state index in [0.29, 0.717) is 23.6 Å². The molecular weight excluding hydrogens is 308 g/mol. The van der Waals surface area contributed by atoms with Crippen LogP contribution in [0.1, 0.15) is 41.5 Å². The number of carbonyl (C=O) groups is 3. The highest BCUT2D eigenvalue weighted by Gasteiger charge is 2.40. The first kappa shape index (κ1) is 17.7. The van der Waals surface area contributed by atoms with Gasteiger partial charge in [-0.25, -0.2) is 0 Å². The van der Waals surface area contributed by atoms with E-state index in [2.05, 4.69) is 10.4 Å². The van der Waals surface area contributed by atoms with Gasteiger partial charge in [0.15, 0.2) is 0 Å². The second-order valence-corrected chi connectivity index (χ2v) is 6.10. The molecule has 1 atom stereocenters. The molecule has 7 heteroatoms. The molecule has 0 radical (unpaired) electrons. The minimum Gasteiger partial charge on any atom is -0.277 e. The molecule has 0 spiro atoms. The highest BCUT2D eigenvalue weighted by molar-refractivity contribution is 6.22. The van der Waals surface area contributed by atoms with Gasteiger partial charge < -0.3 is 0 Å². The predicted octanol–water partition coefficient (Wildman–Crippen LogP) is 1.32. The molecule has 1 aliphatic rings. The summed E-state index contributed by atoms with van der Waals surface area (Å²) in [5.74, 6) is -1.03. The van der Waals surface area contributed by atoms with Gasteiger partial charge >= 0.3 is 0 Å². The Hall–Kier alpha value is -2.70. The van der Waals surface area contributed by atoms with Gasteiger partial charge in [0, 0.05) is 13.6 Å². The van der Waals surface area contributed by atoms with Gasteiger partial charge in [-0.15, -0.1) is 0 Å². The lowest BCUT2D eigenvalue weighted by Gasteiger charge is -2.27. The summed E-state index contributed by atoms with van der Waals surface area (Å²) in [5.41, 5.74) is 3.35. The average molecular weight is 330 g/mol. The second-order valence-electron chi connectivity index (χ2n) is 6.10. The fourth-order valence-electron chi connectivity index (χ4n) is 2.57. The third-order valence-corrected chi connectivity index (χ3v) is 3.66. The van der Waals surface area contributed by atoms with E-state index in [1.54, 1.807) is 36.3 Å². The lowest BCUT2D eigenvalue weighted by Crippen LogP contribution is -2.53. The molecule has 0 aliphatic carbocycles. The maximum absolute atomic E-state index is 12.5. The summed E-state index contributed by atoms with van der Waals surface area (Å²) >= 11 is 0. The van der Waals surface area contributed by atoms with E-state index in [9.17, 15) is 14.4 Å². The number of hydrazine groups is 1. The summed E-state index contributed by atoms with van der Waals surface area (Å²) in [4.78, 5) is 42.2. The van der Waals surface area contributed by atoms with Crippen molar-refractivity contribution in [2.24, 2.45) is 10.9 Å². The number of hydrogen-bond acceptors (Lipinski definition) is 4. The lowest BCUT2D eigenvalue weighted by atomic mass is 10.1. The largest absolute Gasteiger partial charge is 0.277 e. The van der Waals surface area contributed by atoms with E-state index in [-0.39, 0.29) is 0 Å². The van der Waals surface area contributed by atoms with Gasteiger partial charge in [-0.3, -0.25) is 34.7 Å². The number of imide groups is 1. The van der Waals surface area contributed by atoms with Gasteiger partial charge in [0.05, 0.1) is 11.1 Å². The Morgan fingerprint density at radius 1 is 1.21 bits per heavy atom. The van der Waals surface area contributed by atoms with Crippen LogP contribution in [0, 0.1) is 5.92 Å². The topological polar surface area (TPSA) is 82.1 Å². The van der Waals surface area contributed by atoms with Crippen molar-refractivity contribution in [1.29, 1.82) is 0 Å². The molecule has 1 N–H and O–H groups in total. The number of nitrogens with zero attached hydrogens (tertiary/aromatic N) is 3. The maximum Gasteiger partial charge on any atom is 0.262 e. The molecule has 3 amide bonds. The van der Waals surface area contributed by atoms with Crippen LogP contribution in [0.4, 0.5) is 0 Å². The number of amides is 3. The van der Waals surface area contributed by atoms with Crippen molar-refractivity contribution in [3.8, 4) is 0 Å². The van der Waals surface area contributed by atoms with E-state index >= 15 is 0 Å². The Labute approximate surface area is 141 Å². The summed E-state index contributed by atoms with van der Waals surface area (Å²) in [6.45, 7) is 6.12. The smallest absolute Gasteiger partial charge is 0.262 e. The number of carbonyl (C=O) groups excluding carboxylic acids is 3. The first-order valence-corrected chi connectivity index (χ1v) is 7.83. The lowest BCUT2D eigenvalue weighted by molar-refractivity contribution is -0.127. The summed E-state index contributed by atoms with van der Waals surface area (Å²) < 4.78 is 0. The van der Waals surface area contributed by atoms with Crippen LogP contribution in [-0.4, -0.2) is 53.6 Å². The van der Waals surface area contributed by atoms with E-state index in [1.165, 1.54) is 13.3 Å². The first-order chi connectivity index (χ1) is 11.4. The molecule has 1 heterocycles. The van der Waals surface area contributed by atoms with E-state index in [4.69, 9.17) is 0 Å². The number of benzene rings is 1. The highest BCUT2D eigenvalue weighted by atomic mass is 16.2. The summed E-state index contributed by atoms with van der Waals surface area (Å²) in [7, 11) is 1.60. The van der Waals surface area contributed by atoms with Crippen LogP contribution in [0.25, 0.3) is 0 Å². The molecule has 0 saturated carbocycles. The van der Waals surface area contributed by atoms with Crippen molar-refractivity contribution in [2.45, 2.75) is 26.8 Å². The van der Waals surface area contributed by atoms with Crippen LogP contribution >= 0.6 is 0 Å². The molecule has 1 aromatic carbocycles. The number of aliphatic imine (C=N–C) groups is 1. The van der Waals surface area contributed by atoms with Crippen LogP contribution in [0.15, 0.2) is 29.3 Å². The number of rotatable bonds is 6. The van der Waals surface area contributed by atoms with Crippen molar-refractivity contribution >= 4 is 24.1 Å². The van der Waals surface area contributed by atoms with Crippen molar-refractivity contribution < 1.29 is 14.4 Å². The van der Waals surface area contributed by atoms with Gasteiger partial charge in [-0.2, -0.15) is 0 Å². The molecule has 24 heavy (non-hydrogen) atoms.